The van der Waals surface area contributed by atoms with Crippen LogP contribution in [0, 0.1) is 5.92 Å². The minimum Gasteiger partial charge on any atom is -0.390 e. The molecule has 23 heavy (non-hydrogen) atoms. The number of nitrogens with zero attached hydrogens (tertiary/aromatic N) is 2. The third-order valence-corrected chi connectivity index (χ3v) is 4.85. The quantitative estimate of drug-likeness (QED) is 0.912. The van der Waals surface area contributed by atoms with Crippen molar-refractivity contribution in [3.05, 3.63) is 34.9 Å². The van der Waals surface area contributed by atoms with E-state index in [1.165, 1.54) is 11.8 Å². The zero-order chi connectivity index (χ0) is 17.1. The number of hydrogen-bond acceptors (Lipinski definition) is 3. The second kappa shape index (κ2) is 7.32. The van der Waals surface area contributed by atoms with E-state index in [-0.39, 0.29) is 17.9 Å². The lowest BCUT2D eigenvalue weighted by atomic mass is 10.0. The molecular weight excluding hydrogens is 316 g/mol. The number of hydrogen-bond donors (Lipinski definition) is 1. The third kappa shape index (κ3) is 4.03. The first-order valence-electron chi connectivity index (χ1n) is 7.72. The number of halogens is 1. The van der Waals surface area contributed by atoms with Gasteiger partial charge in [0.25, 0.3) is 0 Å². The Balaban J connectivity index is 1.99. The first-order chi connectivity index (χ1) is 10.8. The largest absolute Gasteiger partial charge is 0.390 e. The molecule has 0 aromatic heterocycles. The summed E-state index contributed by atoms with van der Waals surface area (Å²) in [6.07, 6.45) is 0.416. The Morgan fingerprint density at radius 2 is 1.83 bits per heavy atom. The Hall–Kier alpha value is -1.59. The molecule has 126 valence electrons. The average Bonchev–Trinajstić information content (AvgIpc) is 2.89. The van der Waals surface area contributed by atoms with Crippen LogP contribution in [0.25, 0.3) is 0 Å². The number of carbonyl (C=O) groups excluding carboxylic acids is 2. The molecule has 0 saturated heterocycles. The number of amides is 2. The molecule has 0 spiro atoms. The fourth-order valence-electron chi connectivity index (χ4n) is 3.11. The molecule has 0 radical (unpaired) electrons. The molecular formula is C17H23ClN2O3. The van der Waals surface area contributed by atoms with Gasteiger partial charge in [0.1, 0.15) is 0 Å². The highest BCUT2D eigenvalue weighted by atomic mass is 35.5. The molecule has 1 N–H and O–H groups in total. The molecule has 1 fully saturated rings. The lowest BCUT2D eigenvalue weighted by Gasteiger charge is -2.29. The summed E-state index contributed by atoms with van der Waals surface area (Å²) in [5, 5.41) is 11.1. The molecule has 1 aliphatic carbocycles. The predicted molar refractivity (Wildman–Crippen MR) is 88.9 cm³/mol. The molecule has 0 unspecified atom stereocenters. The van der Waals surface area contributed by atoms with Gasteiger partial charge in [-0.1, -0.05) is 23.7 Å². The van der Waals surface area contributed by atoms with Crippen LogP contribution >= 0.6 is 11.6 Å². The standard InChI is InChI=1S/C17H23ClN2O3/c1-11(21)20(3)15-9-8-14(16(15)22)17(23)19(2)10-12-4-6-13(18)7-5-12/h4-7,14-16,22H,8-10H2,1-3H3/t14-,15-,16+/m1/s1. The highest BCUT2D eigenvalue weighted by molar-refractivity contribution is 6.30. The van der Waals surface area contributed by atoms with Gasteiger partial charge in [0, 0.05) is 32.6 Å². The molecule has 2 rings (SSSR count). The van der Waals surface area contributed by atoms with Gasteiger partial charge in [0.05, 0.1) is 18.1 Å². The molecule has 3 atom stereocenters. The van der Waals surface area contributed by atoms with Gasteiger partial charge in [-0.3, -0.25) is 9.59 Å². The maximum atomic E-state index is 12.6. The Morgan fingerprint density at radius 3 is 2.39 bits per heavy atom. The van der Waals surface area contributed by atoms with Crippen LogP contribution in [0.1, 0.15) is 25.3 Å². The van der Waals surface area contributed by atoms with Gasteiger partial charge in [-0.2, -0.15) is 0 Å². The summed E-state index contributed by atoms with van der Waals surface area (Å²) in [5.74, 6) is -0.650. The second-order valence-electron chi connectivity index (χ2n) is 6.19. The van der Waals surface area contributed by atoms with Crippen LogP contribution < -0.4 is 0 Å². The molecule has 0 heterocycles. The minimum absolute atomic E-state index is 0.0908. The van der Waals surface area contributed by atoms with Crippen molar-refractivity contribution in [3.8, 4) is 0 Å². The van der Waals surface area contributed by atoms with Crippen LogP contribution in [0.15, 0.2) is 24.3 Å². The number of aliphatic hydroxyl groups excluding tert-OH is 1. The third-order valence-electron chi connectivity index (χ3n) is 4.60. The average molecular weight is 339 g/mol. The predicted octanol–water partition coefficient (Wildman–Crippen LogP) is 1.92. The summed E-state index contributed by atoms with van der Waals surface area (Å²) in [5.41, 5.74) is 0.982. The van der Waals surface area contributed by atoms with Gasteiger partial charge in [-0.15, -0.1) is 0 Å². The summed E-state index contributed by atoms with van der Waals surface area (Å²) in [6.45, 7) is 1.93. The van der Waals surface area contributed by atoms with Crippen molar-refractivity contribution in [3.63, 3.8) is 0 Å². The second-order valence-corrected chi connectivity index (χ2v) is 6.63. The normalized spacial score (nSPS) is 23.6. The molecule has 1 saturated carbocycles. The lowest BCUT2D eigenvalue weighted by molar-refractivity contribution is -0.140. The first-order valence-corrected chi connectivity index (χ1v) is 8.10. The molecule has 0 aliphatic heterocycles. The Morgan fingerprint density at radius 1 is 1.22 bits per heavy atom. The van der Waals surface area contributed by atoms with E-state index in [0.717, 1.165) is 5.56 Å². The summed E-state index contributed by atoms with van der Waals surface area (Å²) < 4.78 is 0. The van der Waals surface area contributed by atoms with Crippen molar-refractivity contribution in [2.24, 2.45) is 5.92 Å². The number of carbonyl (C=O) groups is 2. The van der Waals surface area contributed by atoms with Gasteiger partial charge >= 0.3 is 0 Å². The van der Waals surface area contributed by atoms with Crippen molar-refractivity contribution in [1.29, 1.82) is 0 Å². The molecule has 1 aromatic carbocycles. The van der Waals surface area contributed by atoms with Gasteiger partial charge < -0.3 is 14.9 Å². The van der Waals surface area contributed by atoms with Crippen LogP contribution in [0.4, 0.5) is 0 Å². The van der Waals surface area contributed by atoms with E-state index in [2.05, 4.69) is 0 Å². The summed E-state index contributed by atoms with van der Waals surface area (Å²) in [4.78, 5) is 27.2. The molecule has 5 nitrogen and oxygen atoms in total. The zero-order valence-corrected chi connectivity index (χ0v) is 14.5. The zero-order valence-electron chi connectivity index (χ0n) is 13.7. The maximum Gasteiger partial charge on any atom is 0.228 e. The number of likely N-dealkylation sites (N-methyl/N-ethyl adjacent to an activating group) is 1. The van der Waals surface area contributed by atoms with E-state index in [1.54, 1.807) is 31.1 Å². The maximum absolute atomic E-state index is 12.6. The van der Waals surface area contributed by atoms with Crippen LogP contribution in [0.2, 0.25) is 5.02 Å². The van der Waals surface area contributed by atoms with E-state index >= 15 is 0 Å². The topological polar surface area (TPSA) is 60.9 Å². The van der Waals surface area contributed by atoms with Crippen molar-refractivity contribution >= 4 is 23.4 Å². The molecule has 2 amide bonds. The molecule has 1 aliphatic rings. The van der Waals surface area contributed by atoms with Crippen molar-refractivity contribution in [1.82, 2.24) is 9.80 Å². The number of aliphatic hydroxyl groups is 1. The lowest BCUT2D eigenvalue weighted by Crippen LogP contribution is -2.45. The molecule has 0 bridgehead atoms. The monoisotopic (exact) mass is 338 g/mol. The SMILES string of the molecule is CC(=O)N(C)[C@@H]1CC[C@@H](C(=O)N(C)Cc2ccc(Cl)cc2)[C@@H]1O. The van der Waals surface area contributed by atoms with E-state index < -0.39 is 12.0 Å². The van der Waals surface area contributed by atoms with Crippen molar-refractivity contribution in [2.75, 3.05) is 14.1 Å². The highest BCUT2D eigenvalue weighted by Crippen LogP contribution is 2.31. The Kier molecular flexibility index (Phi) is 5.65. The van der Waals surface area contributed by atoms with E-state index in [1.807, 2.05) is 12.1 Å². The van der Waals surface area contributed by atoms with Crippen LogP contribution in [-0.4, -0.2) is 53.0 Å². The Labute approximate surface area is 141 Å². The van der Waals surface area contributed by atoms with E-state index in [4.69, 9.17) is 11.6 Å². The summed E-state index contributed by atoms with van der Waals surface area (Å²) in [7, 11) is 3.40. The van der Waals surface area contributed by atoms with Crippen molar-refractivity contribution in [2.45, 2.75) is 38.5 Å². The smallest absolute Gasteiger partial charge is 0.228 e. The molecule has 1 aromatic rings. The molecule has 6 heteroatoms. The van der Waals surface area contributed by atoms with Gasteiger partial charge in [0.2, 0.25) is 11.8 Å². The summed E-state index contributed by atoms with van der Waals surface area (Å²) in [6, 6.07) is 7.05. The Bertz CT molecular complexity index is 576. The van der Waals surface area contributed by atoms with Gasteiger partial charge in [-0.25, -0.2) is 0 Å². The van der Waals surface area contributed by atoms with Crippen LogP contribution in [0.5, 0.6) is 0 Å². The highest BCUT2D eigenvalue weighted by Gasteiger charge is 2.42. The van der Waals surface area contributed by atoms with E-state index in [9.17, 15) is 14.7 Å². The fraction of sp³-hybridized carbons (Fsp3) is 0.529. The van der Waals surface area contributed by atoms with Crippen LogP contribution in [-0.2, 0) is 16.1 Å². The number of rotatable bonds is 4. The fourth-order valence-corrected chi connectivity index (χ4v) is 3.24. The summed E-state index contributed by atoms with van der Waals surface area (Å²) >= 11 is 5.86. The van der Waals surface area contributed by atoms with Crippen molar-refractivity contribution < 1.29 is 14.7 Å². The first kappa shape index (κ1) is 17.8. The van der Waals surface area contributed by atoms with Gasteiger partial charge in [0.15, 0.2) is 0 Å². The van der Waals surface area contributed by atoms with Crippen LogP contribution in [0.3, 0.4) is 0 Å². The number of benzene rings is 1. The van der Waals surface area contributed by atoms with E-state index in [0.29, 0.717) is 24.4 Å². The minimum atomic E-state index is -0.816. The van der Waals surface area contributed by atoms with Gasteiger partial charge in [-0.05, 0) is 30.5 Å².